The van der Waals surface area contributed by atoms with Crippen molar-refractivity contribution in [2.45, 2.75) is 94.7 Å². The molecule has 2 N–H and O–H groups in total. The summed E-state index contributed by atoms with van der Waals surface area (Å²) in [5.41, 5.74) is 0.0968. The molecule has 3 fully saturated rings. The fourth-order valence-corrected chi connectivity index (χ4v) is 8.12. The zero-order valence-corrected chi connectivity index (χ0v) is 29.2. The number of amides is 3. The van der Waals surface area contributed by atoms with Crippen molar-refractivity contribution in [2.75, 3.05) is 19.7 Å². The van der Waals surface area contributed by atoms with E-state index in [0.717, 1.165) is 19.3 Å². The molecule has 268 valence electrons. The Morgan fingerprint density at radius 2 is 1.76 bits per heavy atom. The van der Waals surface area contributed by atoms with Gasteiger partial charge in [0.2, 0.25) is 17.7 Å². The van der Waals surface area contributed by atoms with E-state index in [-0.39, 0.29) is 18.2 Å². The van der Waals surface area contributed by atoms with E-state index in [1.165, 1.54) is 4.90 Å². The van der Waals surface area contributed by atoms with E-state index < -0.39 is 66.3 Å². The van der Waals surface area contributed by atoms with Gasteiger partial charge in [0, 0.05) is 19.5 Å². The molecule has 3 aliphatic rings. The van der Waals surface area contributed by atoms with Gasteiger partial charge < -0.3 is 29.7 Å². The highest BCUT2D eigenvalue weighted by molar-refractivity contribution is 5.98. The Balaban J connectivity index is 1.51. The van der Waals surface area contributed by atoms with Crippen LogP contribution in [0.5, 0.6) is 0 Å². The topological polar surface area (TPSA) is 125 Å². The van der Waals surface area contributed by atoms with Crippen LogP contribution >= 0.6 is 0 Å². The SMILES string of the molecule is C=CCCC(=O)N[C@@H](C)[C@H](OC(=O)[C@@H]1[C@@H]2CC[C@]3(O2)[C@H](C(=O)N(CC=C)CCCCC)N([C@H](CO)c2ccccc2)C(=O)[C@@H]13)c1ccccc1. The Labute approximate surface area is 295 Å². The number of nitrogens with zero attached hydrogens (tertiary/aromatic N) is 2. The van der Waals surface area contributed by atoms with Crippen LogP contribution in [0.3, 0.4) is 0 Å². The maximum atomic E-state index is 14.8. The van der Waals surface area contributed by atoms with Crippen molar-refractivity contribution in [1.82, 2.24) is 15.1 Å². The number of ether oxygens (including phenoxy) is 2. The summed E-state index contributed by atoms with van der Waals surface area (Å²) in [6.07, 6.45) is 6.23. The van der Waals surface area contributed by atoms with Crippen molar-refractivity contribution < 1.29 is 33.8 Å². The number of carbonyl (C=O) groups excluding carboxylic acids is 4. The third-order valence-electron chi connectivity index (χ3n) is 10.4. The minimum atomic E-state index is -1.28. The molecule has 0 radical (unpaired) electrons. The number of allylic oxidation sites excluding steroid dienone is 1. The molecule has 10 heteroatoms. The average molecular weight is 686 g/mol. The lowest BCUT2D eigenvalue weighted by Crippen LogP contribution is -2.57. The maximum absolute atomic E-state index is 14.8. The average Bonchev–Trinajstić information content (AvgIpc) is 3.77. The number of aliphatic hydroxyl groups is 1. The third-order valence-corrected chi connectivity index (χ3v) is 10.4. The van der Waals surface area contributed by atoms with Gasteiger partial charge in [0.1, 0.15) is 17.7 Å². The summed E-state index contributed by atoms with van der Waals surface area (Å²) in [7, 11) is 0. The van der Waals surface area contributed by atoms with E-state index in [9.17, 15) is 24.3 Å². The Bertz CT molecular complexity index is 1520. The summed E-state index contributed by atoms with van der Waals surface area (Å²) < 4.78 is 13.0. The summed E-state index contributed by atoms with van der Waals surface area (Å²) in [6, 6.07) is 15.9. The zero-order chi connectivity index (χ0) is 35.8. The number of hydrogen-bond acceptors (Lipinski definition) is 7. The number of carbonyl (C=O) groups is 4. The molecule has 0 saturated carbocycles. The lowest BCUT2D eigenvalue weighted by molar-refractivity contribution is -0.162. The van der Waals surface area contributed by atoms with E-state index in [1.807, 2.05) is 60.7 Å². The van der Waals surface area contributed by atoms with Crippen molar-refractivity contribution in [3.8, 4) is 0 Å². The number of aliphatic hydroxyl groups excluding tert-OH is 1. The predicted molar refractivity (Wildman–Crippen MR) is 189 cm³/mol. The molecule has 2 aromatic carbocycles. The molecule has 1 spiro atoms. The largest absolute Gasteiger partial charge is 0.455 e. The van der Waals surface area contributed by atoms with Gasteiger partial charge in [0.15, 0.2) is 0 Å². The van der Waals surface area contributed by atoms with Gasteiger partial charge in [0.25, 0.3) is 0 Å². The Hall–Kier alpha value is -4.28. The third kappa shape index (κ3) is 7.28. The van der Waals surface area contributed by atoms with Gasteiger partial charge in [-0.05, 0) is 43.7 Å². The van der Waals surface area contributed by atoms with Gasteiger partial charge in [-0.15, -0.1) is 13.2 Å². The van der Waals surface area contributed by atoms with Crippen molar-refractivity contribution >= 4 is 23.7 Å². The number of benzene rings is 2. The second-order valence-corrected chi connectivity index (χ2v) is 13.6. The second kappa shape index (κ2) is 16.6. The number of rotatable bonds is 18. The highest BCUT2D eigenvalue weighted by atomic mass is 16.6. The molecule has 0 aromatic heterocycles. The van der Waals surface area contributed by atoms with Crippen LogP contribution in [0.25, 0.3) is 0 Å². The first-order valence-electron chi connectivity index (χ1n) is 17.9. The van der Waals surface area contributed by atoms with Crippen LogP contribution in [-0.4, -0.2) is 82.1 Å². The zero-order valence-electron chi connectivity index (χ0n) is 29.2. The first-order valence-corrected chi connectivity index (χ1v) is 17.9. The number of unbranched alkanes of at least 4 members (excludes halogenated alkanes) is 2. The van der Waals surface area contributed by atoms with Crippen LogP contribution in [0.15, 0.2) is 86.0 Å². The molecule has 5 rings (SSSR count). The second-order valence-electron chi connectivity index (χ2n) is 13.6. The van der Waals surface area contributed by atoms with E-state index in [2.05, 4.69) is 25.4 Å². The van der Waals surface area contributed by atoms with Crippen molar-refractivity contribution in [3.63, 3.8) is 0 Å². The van der Waals surface area contributed by atoms with E-state index >= 15 is 0 Å². The Morgan fingerprint density at radius 1 is 1.08 bits per heavy atom. The number of esters is 1. The summed E-state index contributed by atoms with van der Waals surface area (Å²) in [5.74, 6) is -3.47. The summed E-state index contributed by atoms with van der Waals surface area (Å²) >= 11 is 0. The molecule has 2 bridgehead atoms. The molecule has 3 amide bonds. The molecule has 8 atom stereocenters. The molecular weight excluding hydrogens is 634 g/mol. The maximum Gasteiger partial charge on any atom is 0.313 e. The van der Waals surface area contributed by atoms with Crippen molar-refractivity contribution in [3.05, 3.63) is 97.1 Å². The standard InChI is InChI=1S/C40H51N3O7/c1-5-8-16-25-42(24-7-3)38(47)36-40-23-22-31(50-40)33(34(40)37(46)43(36)30(26-44)28-17-12-10-13-18-28)39(48)49-35(29-19-14-11-15-20-29)27(4)41-32(45)21-9-6-2/h6-7,10-15,17-20,27,30-31,33-36,44H,2-3,5,8-9,16,21-26H2,1,4H3,(H,41,45)/t27-,30+,31-,33+,34+,35-,36-,40+/m0/s1. The number of hydrogen-bond donors (Lipinski definition) is 2. The Morgan fingerprint density at radius 3 is 2.38 bits per heavy atom. The fraction of sp³-hybridized carbons (Fsp3) is 0.500. The summed E-state index contributed by atoms with van der Waals surface area (Å²) in [6.45, 7) is 11.8. The van der Waals surface area contributed by atoms with Crippen LogP contribution in [0.2, 0.25) is 0 Å². The monoisotopic (exact) mass is 685 g/mol. The molecule has 3 aliphatic heterocycles. The lowest BCUT2D eigenvalue weighted by atomic mass is 9.70. The van der Waals surface area contributed by atoms with Gasteiger partial charge >= 0.3 is 5.97 Å². The summed E-state index contributed by atoms with van der Waals surface area (Å²) in [4.78, 5) is 59.8. The van der Waals surface area contributed by atoms with Gasteiger partial charge in [-0.3, -0.25) is 19.2 Å². The van der Waals surface area contributed by atoms with Crippen LogP contribution in [-0.2, 0) is 28.7 Å². The molecule has 0 unspecified atom stereocenters. The molecular formula is C40H51N3O7. The smallest absolute Gasteiger partial charge is 0.313 e. The predicted octanol–water partition coefficient (Wildman–Crippen LogP) is 5.05. The first kappa shape index (κ1) is 37.0. The highest BCUT2D eigenvalue weighted by Gasteiger charge is 2.75. The van der Waals surface area contributed by atoms with Crippen LogP contribution < -0.4 is 5.32 Å². The van der Waals surface area contributed by atoms with Gasteiger partial charge in [-0.2, -0.15) is 0 Å². The van der Waals surface area contributed by atoms with E-state index in [0.29, 0.717) is 43.5 Å². The normalized spacial score (nSPS) is 25.3. The minimum absolute atomic E-state index is 0.196. The van der Waals surface area contributed by atoms with Crippen LogP contribution in [0.1, 0.15) is 82.1 Å². The van der Waals surface area contributed by atoms with Crippen LogP contribution in [0.4, 0.5) is 0 Å². The quantitative estimate of drug-likeness (QED) is 0.128. The number of likely N-dealkylation sites (tertiary alicyclic amines) is 1. The molecule has 3 saturated heterocycles. The fourth-order valence-electron chi connectivity index (χ4n) is 8.12. The molecule has 3 heterocycles. The van der Waals surface area contributed by atoms with Crippen molar-refractivity contribution in [1.29, 1.82) is 0 Å². The molecule has 0 aliphatic carbocycles. The minimum Gasteiger partial charge on any atom is -0.455 e. The highest BCUT2D eigenvalue weighted by Crippen LogP contribution is 2.60. The number of fused-ring (bicyclic) bond motifs is 1. The molecule has 10 nitrogen and oxygen atoms in total. The van der Waals surface area contributed by atoms with E-state index in [1.54, 1.807) is 24.0 Å². The Kier molecular flexibility index (Phi) is 12.3. The van der Waals surface area contributed by atoms with Gasteiger partial charge in [0.05, 0.1) is 36.6 Å². The van der Waals surface area contributed by atoms with Crippen LogP contribution in [0, 0.1) is 11.8 Å². The molecule has 2 aromatic rings. The van der Waals surface area contributed by atoms with Gasteiger partial charge in [-0.1, -0.05) is 92.6 Å². The van der Waals surface area contributed by atoms with E-state index in [4.69, 9.17) is 9.47 Å². The lowest BCUT2D eigenvalue weighted by Gasteiger charge is -2.39. The first-order chi connectivity index (χ1) is 24.2. The number of nitrogens with one attached hydrogen (secondary N) is 1. The summed E-state index contributed by atoms with van der Waals surface area (Å²) in [5, 5.41) is 13.8. The van der Waals surface area contributed by atoms with Crippen molar-refractivity contribution in [2.24, 2.45) is 11.8 Å². The molecule has 50 heavy (non-hydrogen) atoms. The van der Waals surface area contributed by atoms with Gasteiger partial charge in [-0.25, -0.2) is 0 Å².